The van der Waals surface area contributed by atoms with Gasteiger partial charge in [0.05, 0.1) is 44.5 Å². The predicted octanol–water partition coefficient (Wildman–Crippen LogP) is 2.88. The molecule has 0 saturated carbocycles. The average molecular weight is 571 g/mol. The van der Waals surface area contributed by atoms with E-state index < -0.39 is 0 Å². The molecule has 39 heavy (non-hydrogen) atoms. The SMILES string of the molecule is COc1ccc(CCN2C(=O)/C(=C\c3c(NCCOCCO)nc4ccc(C)cn4c3=O)SC2=S)cc1OC. The first-order valence-corrected chi connectivity index (χ1v) is 13.5. The number of aryl methyl sites for hydroxylation is 1. The summed E-state index contributed by atoms with van der Waals surface area (Å²) in [5.41, 5.74) is 2.28. The average Bonchev–Trinajstić information content (AvgIpc) is 3.20. The van der Waals surface area contributed by atoms with Crippen molar-refractivity contribution in [1.82, 2.24) is 14.3 Å². The van der Waals surface area contributed by atoms with Crippen LogP contribution in [0.25, 0.3) is 11.7 Å². The largest absolute Gasteiger partial charge is 0.493 e. The van der Waals surface area contributed by atoms with Crippen molar-refractivity contribution in [3.63, 3.8) is 0 Å². The molecule has 10 nitrogen and oxygen atoms in total. The smallest absolute Gasteiger partial charge is 0.267 e. The Morgan fingerprint density at radius 3 is 2.67 bits per heavy atom. The van der Waals surface area contributed by atoms with Crippen molar-refractivity contribution in [1.29, 1.82) is 0 Å². The molecule has 2 N–H and O–H groups in total. The Balaban J connectivity index is 1.59. The van der Waals surface area contributed by atoms with Gasteiger partial charge in [-0.3, -0.25) is 18.9 Å². The van der Waals surface area contributed by atoms with Crippen molar-refractivity contribution in [3.05, 3.63) is 68.5 Å². The minimum Gasteiger partial charge on any atom is -0.493 e. The van der Waals surface area contributed by atoms with Crippen molar-refractivity contribution >= 4 is 51.7 Å². The Morgan fingerprint density at radius 1 is 1.13 bits per heavy atom. The van der Waals surface area contributed by atoms with Crippen LogP contribution in [0.5, 0.6) is 11.5 Å². The molecule has 1 saturated heterocycles. The lowest BCUT2D eigenvalue weighted by molar-refractivity contribution is -0.122. The number of thioether (sulfide) groups is 1. The number of aliphatic hydroxyl groups excluding tert-OH is 1. The summed E-state index contributed by atoms with van der Waals surface area (Å²) >= 11 is 6.67. The fraction of sp³-hybridized carbons (Fsp3) is 0.333. The Bertz CT molecular complexity index is 1470. The van der Waals surface area contributed by atoms with Crippen LogP contribution in [-0.4, -0.2) is 76.7 Å². The number of hydrogen-bond donors (Lipinski definition) is 2. The summed E-state index contributed by atoms with van der Waals surface area (Å²) in [5, 5.41) is 12.0. The second-order valence-corrected chi connectivity index (χ2v) is 10.3. The van der Waals surface area contributed by atoms with E-state index in [1.165, 1.54) is 9.30 Å². The third-order valence-corrected chi connectivity index (χ3v) is 7.38. The van der Waals surface area contributed by atoms with Gasteiger partial charge in [-0.05, 0) is 48.7 Å². The number of hydrogen-bond acceptors (Lipinski definition) is 10. The zero-order valence-electron chi connectivity index (χ0n) is 21.9. The molecule has 1 aliphatic rings. The van der Waals surface area contributed by atoms with Crippen molar-refractivity contribution in [2.24, 2.45) is 0 Å². The predicted molar refractivity (Wildman–Crippen MR) is 156 cm³/mol. The van der Waals surface area contributed by atoms with Gasteiger partial charge in [0.25, 0.3) is 11.5 Å². The highest BCUT2D eigenvalue weighted by Gasteiger charge is 2.32. The highest BCUT2D eigenvalue weighted by molar-refractivity contribution is 8.26. The summed E-state index contributed by atoms with van der Waals surface area (Å²) in [6.45, 7) is 3.08. The highest BCUT2D eigenvalue weighted by Crippen LogP contribution is 2.34. The van der Waals surface area contributed by atoms with E-state index in [-0.39, 0.29) is 30.2 Å². The molecule has 3 aromatic rings. The lowest BCUT2D eigenvalue weighted by Crippen LogP contribution is -2.30. The molecule has 0 atom stereocenters. The van der Waals surface area contributed by atoms with Crippen LogP contribution < -0.4 is 20.3 Å². The maximum atomic E-state index is 13.5. The number of thiocarbonyl (C=S) groups is 1. The number of rotatable bonds is 12. The number of amides is 1. The third-order valence-electron chi connectivity index (χ3n) is 6.00. The van der Waals surface area contributed by atoms with Gasteiger partial charge in [-0.15, -0.1) is 0 Å². The Morgan fingerprint density at radius 2 is 1.92 bits per heavy atom. The molecule has 1 aromatic carbocycles. The number of ether oxygens (including phenoxy) is 3. The number of benzene rings is 1. The van der Waals surface area contributed by atoms with E-state index in [4.69, 9.17) is 31.5 Å². The first-order valence-electron chi connectivity index (χ1n) is 12.3. The van der Waals surface area contributed by atoms with Crippen LogP contribution in [0.15, 0.2) is 46.2 Å². The van der Waals surface area contributed by atoms with Gasteiger partial charge in [-0.2, -0.15) is 0 Å². The number of anilines is 1. The molecule has 4 rings (SSSR count). The van der Waals surface area contributed by atoms with Gasteiger partial charge in [0.2, 0.25) is 0 Å². The van der Waals surface area contributed by atoms with Crippen LogP contribution in [0.2, 0.25) is 0 Å². The Hall–Kier alpha value is -3.45. The van der Waals surface area contributed by atoms with Crippen LogP contribution in [0.3, 0.4) is 0 Å². The number of fused-ring (bicyclic) bond motifs is 1. The van der Waals surface area contributed by atoms with E-state index in [2.05, 4.69) is 10.3 Å². The molecule has 1 fully saturated rings. The fourth-order valence-corrected chi connectivity index (χ4v) is 5.32. The van der Waals surface area contributed by atoms with Crippen molar-refractivity contribution in [2.75, 3.05) is 52.4 Å². The number of aliphatic hydroxyl groups is 1. The maximum absolute atomic E-state index is 13.5. The normalized spacial score (nSPS) is 14.5. The first-order chi connectivity index (χ1) is 18.9. The molecular weight excluding hydrogens is 540 g/mol. The van der Waals surface area contributed by atoms with Gasteiger partial charge in [0.15, 0.2) is 11.5 Å². The number of carbonyl (C=O) groups is 1. The first kappa shape index (κ1) is 28.6. The van der Waals surface area contributed by atoms with Crippen LogP contribution in [0, 0.1) is 6.92 Å². The van der Waals surface area contributed by atoms with Crippen LogP contribution >= 0.6 is 24.0 Å². The zero-order valence-corrected chi connectivity index (χ0v) is 23.6. The quantitative estimate of drug-likeness (QED) is 0.191. The molecule has 1 aliphatic heterocycles. The van der Waals surface area contributed by atoms with E-state index in [0.717, 1.165) is 22.9 Å². The second kappa shape index (κ2) is 13.1. The van der Waals surface area contributed by atoms with E-state index in [9.17, 15) is 9.59 Å². The Labute approximate surface area is 235 Å². The van der Waals surface area contributed by atoms with Gasteiger partial charge >= 0.3 is 0 Å². The van der Waals surface area contributed by atoms with Crippen LogP contribution in [0.1, 0.15) is 16.7 Å². The molecule has 1 amide bonds. The lowest BCUT2D eigenvalue weighted by Gasteiger charge is -2.15. The van der Waals surface area contributed by atoms with Crippen molar-refractivity contribution < 1.29 is 24.1 Å². The molecule has 0 aliphatic carbocycles. The number of nitrogens with one attached hydrogen (secondary N) is 1. The minimum absolute atomic E-state index is 0.0754. The summed E-state index contributed by atoms with van der Waals surface area (Å²) in [6.07, 6.45) is 3.82. The lowest BCUT2D eigenvalue weighted by atomic mass is 10.1. The van der Waals surface area contributed by atoms with Crippen LogP contribution in [0.4, 0.5) is 5.82 Å². The van der Waals surface area contributed by atoms with Crippen molar-refractivity contribution in [3.8, 4) is 11.5 Å². The van der Waals surface area contributed by atoms with Gasteiger partial charge in [0, 0.05) is 19.3 Å². The summed E-state index contributed by atoms with van der Waals surface area (Å²) in [5.74, 6) is 1.31. The highest BCUT2D eigenvalue weighted by atomic mass is 32.2. The molecule has 0 unspecified atom stereocenters. The van der Waals surface area contributed by atoms with Crippen molar-refractivity contribution in [2.45, 2.75) is 13.3 Å². The molecule has 2 aromatic heterocycles. The number of aromatic nitrogens is 2. The summed E-state index contributed by atoms with van der Waals surface area (Å²) in [7, 11) is 3.15. The molecule has 0 radical (unpaired) electrons. The molecule has 0 bridgehead atoms. The summed E-state index contributed by atoms with van der Waals surface area (Å²) in [6, 6.07) is 9.25. The Kier molecular flexibility index (Phi) is 9.57. The van der Waals surface area contributed by atoms with Gasteiger partial charge < -0.3 is 24.6 Å². The fourth-order valence-electron chi connectivity index (χ4n) is 4.03. The zero-order chi connectivity index (χ0) is 27.9. The van der Waals surface area contributed by atoms with E-state index in [1.54, 1.807) is 32.6 Å². The molecule has 12 heteroatoms. The number of nitrogens with zero attached hydrogens (tertiary/aromatic N) is 3. The van der Waals surface area contributed by atoms with Gasteiger partial charge in [-0.25, -0.2) is 4.98 Å². The number of pyridine rings is 1. The third kappa shape index (κ3) is 6.59. The summed E-state index contributed by atoms with van der Waals surface area (Å²) in [4.78, 5) is 33.4. The van der Waals surface area contributed by atoms with Crippen LogP contribution in [-0.2, 0) is 16.0 Å². The molecule has 0 spiro atoms. The summed E-state index contributed by atoms with van der Waals surface area (Å²) < 4.78 is 17.9. The van der Waals surface area contributed by atoms with E-state index in [1.807, 2.05) is 31.2 Å². The maximum Gasteiger partial charge on any atom is 0.267 e. The van der Waals surface area contributed by atoms with Gasteiger partial charge in [-0.1, -0.05) is 36.1 Å². The topological polar surface area (TPSA) is 115 Å². The number of methoxy groups -OCH3 is 2. The molecule has 3 heterocycles. The molecule has 206 valence electrons. The van der Waals surface area contributed by atoms with E-state index >= 15 is 0 Å². The number of carbonyl (C=O) groups excluding carboxylic acids is 1. The minimum atomic E-state index is -0.307. The van der Waals surface area contributed by atoms with Gasteiger partial charge in [0.1, 0.15) is 15.8 Å². The monoisotopic (exact) mass is 570 g/mol. The van der Waals surface area contributed by atoms with E-state index in [0.29, 0.717) is 58.3 Å². The standard InChI is InChI=1S/C27H30N4O6S2/c1-17-4-7-23-29-24(28-9-12-37-13-11-32)19(25(33)31(23)16-17)15-22-26(34)30(27(38)39-22)10-8-18-5-6-20(35-2)21(14-18)36-3/h4-7,14-16,28,32H,8-13H2,1-3H3/b22-15+. The second-order valence-electron chi connectivity index (χ2n) is 8.65. The molecular formula is C27H30N4O6S2.